The minimum atomic E-state index is 0.265. The minimum Gasteiger partial charge on any atom is -0.329 e. The van der Waals surface area contributed by atoms with Gasteiger partial charge >= 0.3 is 0 Å². The van der Waals surface area contributed by atoms with Gasteiger partial charge in [0.1, 0.15) is 0 Å². The third-order valence-electron chi connectivity index (χ3n) is 4.75. The van der Waals surface area contributed by atoms with Crippen LogP contribution in [0.1, 0.15) is 36.9 Å². The third-order valence-corrected chi connectivity index (χ3v) is 4.99. The highest BCUT2D eigenvalue weighted by Crippen LogP contribution is 2.26. The van der Waals surface area contributed by atoms with Gasteiger partial charge in [-0.15, -0.1) is 0 Å². The Balaban J connectivity index is 2.09. The van der Waals surface area contributed by atoms with Gasteiger partial charge in [0.2, 0.25) is 0 Å². The molecule has 0 amide bonds. The molecular formula is C17H28ClN3. The van der Waals surface area contributed by atoms with Crippen LogP contribution >= 0.6 is 11.6 Å². The summed E-state index contributed by atoms with van der Waals surface area (Å²) in [6, 6.07) is 7.05. The summed E-state index contributed by atoms with van der Waals surface area (Å²) in [6.07, 6.45) is 2.62. The summed E-state index contributed by atoms with van der Waals surface area (Å²) in [4.78, 5) is 4.99. The standard InChI is InChI=1S/C17H28ClN3/c1-4-21-9-5-6-15(21)12-20(3)17(11-19)16-8-7-14(18)10-13(16)2/h7-8,10,15,17H,4-6,9,11-12,19H2,1-3H3. The first kappa shape index (κ1) is 16.8. The van der Waals surface area contributed by atoms with Gasteiger partial charge in [-0.2, -0.15) is 0 Å². The van der Waals surface area contributed by atoms with E-state index in [-0.39, 0.29) is 6.04 Å². The number of hydrogen-bond donors (Lipinski definition) is 1. The maximum atomic E-state index is 6.07. The van der Waals surface area contributed by atoms with Crippen molar-refractivity contribution in [2.75, 3.05) is 33.2 Å². The van der Waals surface area contributed by atoms with Crippen molar-refractivity contribution >= 4 is 11.6 Å². The van der Waals surface area contributed by atoms with Crippen LogP contribution in [0.15, 0.2) is 18.2 Å². The quantitative estimate of drug-likeness (QED) is 0.876. The smallest absolute Gasteiger partial charge is 0.0470 e. The Kier molecular flexibility index (Phi) is 6.06. The number of likely N-dealkylation sites (N-methyl/N-ethyl adjacent to an activating group) is 2. The molecule has 1 aromatic carbocycles. The number of hydrogen-bond acceptors (Lipinski definition) is 3. The number of aryl methyl sites for hydroxylation is 1. The first-order valence-corrected chi connectivity index (χ1v) is 8.35. The molecule has 4 heteroatoms. The number of nitrogens with two attached hydrogens (primary N) is 1. The van der Waals surface area contributed by atoms with E-state index in [1.54, 1.807) is 0 Å². The molecule has 0 spiro atoms. The lowest BCUT2D eigenvalue weighted by atomic mass is 9.99. The Morgan fingerprint density at radius 2 is 2.24 bits per heavy atom. The number of rotatable bonds is 6. The average molecular weight is 310 g/mol. The molecular weight excluding hydrogens is 282 g/mol. The zero-order valence-electron chi connectivity index (χ0n) is 13.5. The first-order chi connectivity index (χ1) is 10.1. The van der Waals surface area contributed by atoms with Crippen molar-refractivity contribution in [2.45, 2.75) is 38.8 Å². The van der Waals surface area contributed by atoms with E-state index in [2.05, 4.69) is 36.8 Å². The van der Waals surface area contributed by atoms with Crippen LogP contribution in [0.25, 0.3) is 0 Å². The molecule has 2 unspecified atom stereocenters. The average Bonchev–Trinajstić information content (AvgIpc) is 2.89. The fourth-order valence-corrected chi connectivity index (χ4v) is 3.76. The maximum absolute atomic E-state index is 6.07. The van der Waals surface area contributed by atoms with Crippen LogP contribution in [0.2, 0.25) is 5.02 Å². The lowest BCUT2D eigenvalue weighted by Crippen LogP contribution is -2.42. The summed E-state index contributed by atoms with van der Waals surface area (Å²) >= 11 is 6.07. The van der Waals surface area contributed by atoms with Crippen molar-refractivity contribution in [2.24, 2.45) is 5.73 Å². The summed E-state index contributed by atoms with van der Waals surface area (Å²) in [6.45, 7) is 8.47. The third kappa shape index (κ3) is 3.98. The van der Waals surface area contributed by atoms with Gasteiger partial charge in [0, 0.05) is 30.2 Å². The molecule has 0 aromatic heterocycles. The molecule has 0 radical (unpaired) electrons. The molecule has 2 rings (SSSR count). The Morgan fingerprint density at radius 1 is 1.48 bits per heavy atom. The molecule has 21 heavy (non-hydrogen) atoms. The zero-order chi connectivity index (χ0) is 15.4. The normalized spacial score (nSPS) is 21.1. The molecule has 0 bridgehead atoms. The van der Waals surface area contributed by atoms with Crippen molar-refractivity contribution < 1.29 is 0 Å². The largest absolute Gasteiger partial charge is 0.329 e. The molecule has 3 nitrogen and oxygen atoms in total. The van der Waals surface area contributed by atoms with Gasteiger partial charge in [0.05, 0.1) is 0 Å². The van der Waals surface area contributed by atoms with Gasteiger partial charge in [0.15, 0.2) is 0 Å². The van der Waals surface area contributed by atoms with Gasteiger partial charge in [-0.05, 0) is 63.2 Å². The van der Waals surface area contributed by atoms with Gasteiger partial charge in [-0.25, -0.2) is 0 Å². The van der Waals surface area contributed by atoms with Crippen LogP contribution < -0.4 is 5.73 Å². The summed E-state index contributed by atoms with van der Waals surface area (Å²) in [7, 11) is 2.19. The number of halogens is 1. The summed E-state index contributed by atoms with van der Waals surface area (Å²) < 4.78 is 0. The highest BCUT2D eigenvalue weighted by Gasteiger charge is 2.27. The summed E-state index contributed by atoms with van der Waals surface area (Å²) in [5.41, 5.74) is 8.59. The molecule has 0 saturated carbocycles. The number of nitrogens with zero attached hydrogens (tertiary/aromatic N) is 2. The molecule has 2 atom stereocenters. The van der Waals surface area contributed by atoms with E-state index in [1.807, 2.05) is 12.1 Å². The van der Waals surface area contributed by atoms with E-state index in [4.69, 9.17) is 17.3 Å². The van der Waals surface area contributed by atoms with Crippen LogP contribution in [0, 0.1) is 6.92 Å². The highest BCUT2D eigenvalue weighted by atomic mass is 35.5. The van der Waals surface area contributed by atoms with Crippen LogP contribution in [-0.4, -0.2) is 49.1 Å². The molecule has 1 aliphatic heterocycles. The Morgan fingerprint density at radius 3 is 2.86 bits per heavy atom. The molecule has 118 valence electrons. The van der Waals surface area contributed by atoms with Crippen LogP contribution in [0.3, 0.4) is 0 Å². The predicted octanol–water partition coefficient (Wildman–Crippen LogP) is 3.06. The Hall–Kier alpha value is -0.610. The lowest BCUT2D eigenvalue weighted by Gasteiger charge is -2.33. The number of benzene rings is 1. The van der Waals surface area contributed by atoms with E-state index >= 15 is 0 Å². The maximum Gasteiger partial charge on any atom is 0.0470 e. The molecule has 0 aliphatic carbocycles. The molecule has 1 saturated heterocycles. The molecule has 1 fully saturated rings. The van der Waals surface area contributed by atoms with Crippen molar-refractivity contribution in [1.29, 1.82) is 0 Å². The topological polar surface area (TPSA) is 32.5 Å². The molecule has 1 aromatic rings. The van der Waals surface area contributed by atoms with Crippen molar-refractivity contribution in [3.05, 3.63) is 34.3 Å². The van der Waals surface area contributed by atoms with E-state index in [0.717, 1.165) is 18.1 Å². The zero-order valence-corrected chi connectivity index (χ0v) is 14.2. The second kappa shape index (κ2) is 7.59. The monoisotopic (exact) mass is 309 g/mol. The fourth-order valence-electron chi connectivity index (χ4n) is 3.54. The second-order valence-electron chi connectivity index (χ2n) is 6.12. The van der Waals surface area contributed by atoms with Crippen molar-refractivity contribution in [3.8, 4) is 0 Å². The van der Waals surface area contributed by atoms with E-state index in [1.165, 1.54) is 30.5 Å². The predicted molar refractivity (Wildman–Crippen MR) is 90.9 cm³/mol. The van der Waals surface area contributed by atoms with Gasteiger partial charge in [-0.3, -0.25) is 9.80 Å². The van der Waals surface area contributed by atoms with E-state index in [0.29, 0.717) is 12.6 Å². The Bertz CT molecular complexity index is 463. The second-order valence-corrected chi connectivity index (χ2v) is 6.55. The molecule has 1 heterocycles. The van der Waals surface area contributed by atoms with Gasteiger partial charge < -0.3 is 5.73 Å². The number of likely N-dealkylation sites (tertiary alicyclic amines) is 1. The van der Waals surface area contributed by atoms with E-state index in [9.17, 15) is 0 Å². The van der Waals surface area contributed by atoms with Gasteiger partial charge in [-0.1, -0.05) is 24.6 Å². The van der Waals surface area contributed by atoms with Crippen LogP contribution in [0.5, 0.6) is 0 Å². The van der Waals surface area contributed by atoms with Crippen molar-refractivity contribution in [3.63, 3.8) is 0 Å². The Labute approximate surface area is 134 Å². The fraction of sp³-hybridized carbons (Fsp3) is 0.647. The summed E-state index contributed by atoms with van der Waals surface area (Å²) in [5.74, 6) is 0. The van der Waals surface area contributed by atoms with Crippen molar-refractivity contribution in [1.82, 2.24) is 9.80 Å². The molecule has 1 aliphatic rings. The van der Waals surface area contributed by atoms with Crippen LogP contribution in [0.4, 0.5) is 0 Å². The molecule has 2 N–H and O–H groups in total. The van der Waals surface area contributed by atoms with Crippen LogP contribution in [-0.2, 0) is 0 Å². The SMILES string of the molecule is CCN1CCCC1CN(C)C(CN)c1ccc(Cl)cc1C. The summed E-state index contributed by atoms with van der Waals surface area (Å²) in [5, 5.41) is 0.794. The highest BCUT2D eigenvalue weighted by molar-refractivity contribution is 6.30. The van der Waals surface area contributed by atoms with E-state index < -0.39 is 0 Å². The lowest BCUT2D eigenvalue weighted by molar-refractivity contribution is 0.165. The minimum absolute atomic E-state index is 0.265. The van der Waals surface area contributed by atoms with Gasteiger partial charge in [0.25, 0.3) is 0 Å². The first-order valence-electron chi connectivity index (χ1n) is 7.97.